The van der Waals surface area contributed by atoms with E-state index >= 15 is 0 Å². The van der Waals surface area contributed by atoms with Crippen LogP contribution in [0.3, 0.4) is 0 Å². The molecule has 0 atom stereocenters. The molecule has 2 aromatic heterocycles. The molecule has 1 aliphatic heterocycles. The van der Waals surface area contributed by atoms with E-state index in [1.807, 2.05) is 45.8 Å². The highest BCUT2D eigenvalue weighted by Gasteiger charge is 2.20. The van der Waals surface area contributed by atoms with Gasteiger partial charge in [0, 0.05) is 45.0 Å². The van der Waals surface area contributed by atoms with Crippen LogP contribution in [0.15, 0.2) is 54.7 Å². The van der Waals surface area contributed by atoms with Crippen LogP contribution in [-0.4, -0.2) is 58.4 Å². The molecule has 1 aromatic carbocycles. The van der Waals surface area contributed by atoms with Crippen molar-refractivity contribution >= 4 is 29.2 Å². The number of piperazine rings is 1. The van der Waals surface area contributed by atoms with Crippen molar-refractivity contribution in [3.63, 3.8) is 0 Å². The normalized spacial score (nSPS) is 15.3. The number of halogens is 1. The molecule has 1 fully saturated rings. The van der Waals surface area contributed by atoms with Crippen LogP contribution < -0.4 is 4.74 Å². The van der Waals surface area contributed by atoms with Gasteiger partial charge in [0.25, 0.3) is 0 Å². The molecule has 0 saturated carbocycles. The van der Waals surface area contributed by atoms with Gasteiger partial charge in [0.1, 0.15) is 11.4 Å². The van der Waals surface area contributed by atoms with Crippen molar-refractivity contribution < 1.29 is 9.53 Å². The zero-order chi connectivity index (χ0) is 20.2. The molecule has 29 heavy (non-hydrogen) atoms. The fourth-order valence-electron chi connectivity index (χ4n) is 3.51. The Morgan fingerprint density at radius 1 is 1.14 bits per heavy atom. The van der Waals surface area contributed by atoms with Crippen molar-refractivity contribution in [3.8, 4) is 5.75 Å². The number of nitrogens with zero attached hydrogens (tertiary/aromatic N) is 4. The zero-order valence-electron chi connectivity index (χ0n) is 16.3. The first-order valence-corrected chi connectivity index (χ1v) is 9.97. The van der Waals surface area contributed by atoms with E-state index in [0.717, 1.165) is 31.0 Å². The Bertz CT molecular complexity index is 1020. The smallest absolute Gasteiger partial charge is 0.246 e. The lowest BCUT2D eigenvalue weighted by molar-refractivity contribution is -0.127. The number of hydrogen-bond donors (Lipinski definition) is 0. The lowest BCUT2D eigenvalue weighted by Gasteiger charge is -2.34. The minimum Gasteiger partial charge on any atom is -0.497 e. The van der Waals surface area contributed by atoms with Gasteiger partial charge < -0.3 is 9.64 Å². The third kappa shape index (κ3) is 4.44. The van der Waals surface area contributed by atoms with E-state index < -0.39 is 0 Å². The third-order valence-electron chi connectivity index (χ3n) is 5.15. The van der Waals surface area contributed by atoms with E-state index in [0.29, 0.717) is 23.9 Å². The van der Waals surface area contributed by atoms with Gasteiger partial charge in [0.05, 0.1) is 12.8 Å². The SMILES string of the molecule is COc1ccc(CN2CCN(C(=O)/C=C/c3c(Cl)nc4ccccn34)CC2)cc1. The maximum absolute atomic E-state index is 12.6. The van der Waals surface area contributed by atoms with Crippen LogP contribution in [-0.2, 0) is 11.3 Å². The molecule has 6 nitrogen and oxygen atoms in total. The first-order valence-electron chi connectivity index (χ1n) is 9.59. The predicted octanol–water partition coefficient (Wildman–Crippen LogP) is 3.35. The van der Waals surface area contributed by atoms with Crippen LogP contribution in [0.25, 0.3) is 11.7 Å². The molecule has 4 rings (SSSR count). The Kier molecular flexibility index (Phi) is 5.83. The monoisotopic (exact) mass is 410 g/mol. The van der Waals surface area contributed by atoms with Gasteiger partial charge in [-0.3, -0.25) is 14.1 Å². The van der Waals surface area contributed by atoms with Crippen molar-refractivity contribution in [1.82, 2.24) is 19.2 Å². The number of carbonyl (C=O) groups is 1. The molecule has 0 N–H and O–H groups in total. The Morgan fingerprint density at radius 2 is 1.90 bits per heavy atom. The van der Waals surface area contributed by atoms with Gasteiger partial charge in [-0.15, -0.1) is 0 Å². The standard InChI is InChI=1S/C22H23ClN4O2/c1-29-18-7-5-17(6-8-18)16-25-12-14-26(15-13-25)21(28)10-9-19-22(23)24-20-4-2-3-11-27(19)20/h2-11H,12-16H2,1H3/b10-9+. The van der Waals surface area contributed by atoms with Crippen LogP contribution in [0.1, 0.15) is 11.3 Å². The molecule has 1 aliphatic rings. The van der Waals surface area contributed by atoms with E-state index in [1.54, 1.807) is 19.3 Å². The first kappa shape index (κ1) is 19.5. The summed E-state index contributed by atoms with van der Waals surface area (Å²) in [7, 11) is 1.67. The van der Waals surface area contributed by atoms with E-state index in [4.69, 9.17) is 16.3 Å². The van der Waals surface area contributed by atoms with Crippen molar-refractivity contribution in [2.24, 2.45) is 0 Å². The quantitative estimate of drug-likeness (QED) is 0.605. The van der Waals surface area contributed by atoms with Gasteiger partial charge >= 0.3 is 0 Å². The third-order valence-corrected chi connectivity index (χ3v) is 5.43. The summed E-state index contributed by atoms with van der Waals surface area (Å²) >= 11 is 6.23. The average molecular weight is 411 g/mol. The van der Waals surface area contributed by atoms with Crippen molar-refractivity contribution in [2.45, 2.75) is 6.54 Å². The molecule has 150 valence electrons. The maximum atomic E-state index is 12.6. The topological polar surface area (TPSA) is 50.1 Å². The molecule has 3 heterocycles. The molecule has 0 spiro atoms. The number of benzene rings is 1. The molecule has 0 radical (unpaired) electrons. The zero-order valence-corrected chi connectivity index (χ0v) is 17.0. The molecule has 3 aromatic rings. The van der Waals surface area contributed by atoms with Crippen LogP contribution >= 0.6 is 11.6 Å². The molecule has 0 bridgehead atoms. The molecule has 0 aliphatic carbocycles. The average Bonchev–Trinajstić information content (AvgIpc) is 3.08. The number of fused-ring (bicyclic) bond motifs is 1. The van der Waals surface area contributed by atoms with Crippen LogP contribution in [0.5, 0.6) is 5.75 Å². The van der Waals surface area contributed by atoms with Gasteiger partial charge in [-0.1, -0.05) is 29.8 Å². The summed E-state index contributed by atoms with van der Waals surface area (Å²) in [5.41, 5.74) is 2.72. The summed E-state index contributed by atoms with van der Waals surface area (Å²) < 4.78 is 7.08. The van der Waals surface area contributed by atoms with Gasteiger partial charge in [0.15, 0.2) is 5.15 Å². The Balaban J connectivity index is 1.33. The lowest BCUT2D eigenvalue weighted by Crippen LogP contribution is -2.47. The number of pyridine rings is 1. The highest BCUT2D eigenvalue weighted by Crippen LogP contribution is 2.19. The second-order valence-electron chi connectivity index (χ2n) is 7.00. The van der Waals surface area contributed by atoms with Crippen LogP contribution in [0.4, 0.5) is 0 Å². The summed E-state index contributed by atoms with van der Waals surface area (Å²) in [5.74, 6) is 0.859. The van der Waals surface area contributed by atoms with Gasteiger partial charge in [0.2, 0.25) is 5.91 Å². The van der Waals surface area contributed by atoms with Gasteiger partial charge in [-0.25, -0.2) is 4.98 Å². The van der Waals surface area contributed by atoms with Crippen LogP contribution in [0.2, 0.25) is 5.15 Å². The Morgan fingerprint density at radius 3 is 2.62 bits per heavy atom. The number of ether oxygens (including phenoxy) is 1. The highest BCUT2D eigenvalue weighted by molar-refractivity contribution is 6.31. The molecule has 1 saturated heterocycles. The van der Waals surface area contributed by atoms with Crippen molar-refractivity contribution in [1.29, 1.82) is 0 Å². The van der Waals surface area contributed by atoms with Gasteiger partial charge in [-0.2, -0.15) is 0 Å². The molecule has 0 unspecified atom stereocenters. The number of aromatic nitrogens is 2. The molecule has 7 heteroatoms. The summed E-state index contributed by atoms with van der Waals surface area (Å²) in [6.07, 6.45) is 5.21. The second-order valence-corrected chi connectivity index (χ2v) is 7.36. The summed E-state index contributed by atoms with van der Waals surface area (Å²) in [6.45, 7) is 3.99. The van der Waals surface area contributed by atoms with Crippen molar-refractivity contribution in [2.75, 3.05) is 33.3 Å². The van der Waals surface area contributed by atoms with E-state index in [2.05, 4.69) is 22.0 Å². The summed E-state index contributed by atoms with van der Waals surface area (Å²) in [6, 6.07) is 13.8. The molecular weight excluding hydrogens is 388 g/mol. The van der Waals surface area contributed by atoms with Gasteiger partial charge in [-0.05, 0) is 35.9 Å². The minimum atomic E-state index is -0.00366. The maximum Gasteiger partial charge on any atom is 0.246 e. The van der Waals surface area contributed by atoms with E-state index in [1.165, 1.54) is 5.56 Å². The first-order chi connectivity index (χ1) is 14.1. The predicted molar refractivity (Wildman–Crippen MR) is 114 cm³/mol. The fourth-order valence-corrected chi connectivity index (χ4v) is 3.75. The second kappa shape index (κ2) is 8.68. The number of amides is 1. The van der Waals surface area contributed by atoms with E-state index in [9.17, 15) is 4.79 Å². The number of imidazole rings is 1. The largest absolute Gasteiger partial charge is 0.497 e. The lowest BCUT2D eigenvalue weighted by atomic mass is 10.2. The molecular formula is C22H23ClN4O2. The summed E-state index contributed by atoms with van der Waals surface area (Å²) in [4.78, 5) is 21.1. The number of rotatable bonds is 5. The number of carbonyl (C=O) groups excluding carboxylic acids is 1. The molecule has 1 amide bonds. The van der Waals surface area contributed by atoms with Crippen molar-refractivity contribution in [3.05, 3.63) is 71.1 Å². The summed E-state index contributed by atoms with van der Waals surface area (Å²) in [5, 5.41) is 0.393. The van der Waals surface area contributed by atoms with E-state index in [-0.39, 0.29) is 5.91 Å². The number of hydrogen-bond acceptors (Lipinski definition) is 4. The fraction of sp³-hybridized carbons (Fsp3) is 0.273. The Hall–Kier alpha value is -2.83. The van der Waals surface area contributed by atoms with Crippen LogP contribution in [0, 0.1) is 0 Å². The minimum absolute atomic E-state index is 0.00366. The number of methoxy groups -OCH3 is 1. The Labute approximate surface area is 175 Å². The highest BCUT2D eigenvalue weighted by atomic mass is 35.5.